The molecule has 1 aromatic rings. The van der Waals surface area contributed by atoms with Gasteiger partial charge in [0, 0.05) is 12.1 Å². The fourth-order valence-corrected chi connectivity index (χ4v) is 2.73. The molecule has 0 unspecified atom stereocenters. The first kappa shape index (κ1) is 13.1. The third-order valence-electron chi connectivity index (χ3n) is 3.20. The molecule has 0 aliphatic heterocycles. The molecule has 0 radical (unpaired) electrons. The van der Waals surface area contributed by atoms with Crippen molar-refractivity contribution in [2.45, 2.75) is 36.8 Å². The van der Waals surface area contributed by atoms with Crippen molar-refractivity contribution < 1.29 is 9.90 Å². The van der Waals surface area contributed by atoms with E-state index < -0.39 is 5.97 Å². The van der Waals surface area contributed by atoms with Gasteiger partial charge in [0.2, 0.25) is 0 Å². The second-order valence-corrected chi connectivity index (χ2v) is 5.21. The summed E-state index contributed by atoms with van der Waals surface area (Å²) >= 11 is 1.54. The van der Waals surface area contributed by atoms with Gasteiger partial charge in [0.15, 0.2) is 0 Å². The van der Waals surface area contributed by atoms with Gasteiger partial charge in [0.25, 0.3) is 0 Å². The minimum absolute atomic E-state index is 0.00943. The molecule has 6 heteroatoms. The number of rotatable bonds is 5. The lowest BCUT2D eigenvalue weighted by molar-refractivity contribution is -0.135. The number of nitrogens with zero attached hydrogens (tertiary/aromatic N) is 3. The van der Waals surface area contributed by atoms with E-state index in [0.29, 0.717) is 6.04 Å². The Hall–Kier alpha value is -1.30. The van der Waals surface area contributed by atoms with Gasteiger partial charge in [-0.1, -0.05) is 12.8 Å². The van der Waals surface area contributed by atoms with E-state index >= 15 is 0 Å². The van der Waals surface area contributed by atoms with E-state index in [1.807, 2.05) is 17.2 Å². The lowest BCUT2D eigenvalue weighted by Crippen LogP contribution is -2.38. The highest BCUT2D eigenvalue weighted by Gasteiger charge is 2.25. The molecule has 5 nitrogen and oxygen atoms in total. The van der Waals surface area contributed by atoms with Crippen molar-refractivity contribution >= 4 is 23.5 Å². The quantitative estimate of drug-likeness (QED) is 0.650. The van der Waals surface area contributed by atoms with Crippen LogP contribution in [-0.4, -0.2) is 39.9 Å². The number of thioether (sulfide) groups is 1. The van der Waals surface area contributed by atoms with Crippen molar-refractivity contribution in [3.05, 3.63) is 12.4 Å². The number of carbonyl (C=O) groups is 1. The van der Waals surface area contributed by atoms with E-state index in [1.54, 1.807) is 0 Å². The predicted octanol–water partition coefficient (Wildman–Crippen LogP) is 2.03. The molecule has 0 spiro atoms. The van der Waals surface area contributed by atoms with Gasteiger partial charge in [-0.2, -0.15) is 0 Å². The summed E-state index contributed by atoms with van der Waals surface area (Å²) in [4.78, 5) is 21.3. The Balaban J connectivity index is 2.23. The van der Waals surface area contributed by atoms with Crippen LogP contribution in [0.5, 0.6) is 0 Å². The molecule has 0 bridgehead atoms. The van der Waals surface area contributed by atoms with Crippen molar-refractivity contribution in [3.8, 4) is 0 Å². The van der Waals surface area contributed by atoms with Crippen molar-refractivity contribution in [3.63, 3.8) is 0 Å². The molecular weight excluding hydrogens is 250 g/mol. The van der Waals surface area contributed by atoms with Gasteiger partial charge in [0.05, 0.1) is 0 Å². The van der Waals surface area contributed by atoms with Gasteiger partial charge >= 0.3 is 5.97 Å². The van der Waals surface area contributed by atoms with Crippen LogP contribution in [0.2, 0.25) is 0 Å². The number of aliphatic carboxylic acids is 1. The van der Waals surface area contributed by atoms with Gasteiger partial charge in [0.1, 0.15) is 23.7 Å². The van der Waals surface area contributed by atoms with E-state index in [-0.39, 0.29) is 6.54 Å². The van der Waals surface area contributed by atoms with Crippen molar-refractivity contribution in [1.82, 2.24) is 9.97 Å². The summed E-state index contributed by atoms with van der Waals surface area (Å²) in [6, 6.07) is 2.16. The molecular formula is C12H17N3O2S. The highest BCUT2D eigenvalue weighted by Crippen LogP contribution is 2.28. The maximum Gasteiger partial charge on any atom is 0.323 e. The highest BCUT2D eigenvalue weighted by atomic mass is 32.2. The minimum atomic E-state index is -0.814. The van der Waals surface area contributed by atoms with Crippen LogP contribution in [0, 0.1) is 0 Å². The van der Waals surface area contributed by atoms with E-state index in [4.69, 9.17) is 5.11 Å². The zero-order valence-corrected chi connectivity index (χ0v) is 11.2. The van der Waals surface area contributed by atoms with Crippen LogP contribution in [0.4, 0.5) is 5.82 Å². The average molecular weight is 267 g/mol. The Labute approximate surface area is 111 Å². The second-order valence-electron chi connectivity index (χ2n) is 4.38. The predicted molar refractivity (Wildman–Crippen MR) is 71.1 cm³/mol. The molecule has 18 heavy (non-hydrogen) atoms. The fraction of sp³-hybridized carbons (Fsp3) is 0.583. The number of carboxylic acids is 1. The Morgan fingerprint density at radius 1 is 1.50 bits per heavy atom. The Morgan fingerprint density at radius 3 is 2.83 bits per heavy atom. The van der Waals surface area contributed by atoms with Gasteiger partial charge < -0.3 is 10.0 Å². The first-order valence-corrected chi connectivity index (χ1v) is 7.27. The number of hydrogen-bond donors (Lipinski definition) is 1. The molecule has 1 aromatic heterocycles. The van der Waals surface area contributed by atoms with Gasteiger partial charge in [-0.3, -0.25) is 4.79 Å². The summed E-state index contributed by atoms with van der Waals surface area (Å²) in [6.07, 6.45) is 7.88. The van der Waals surface area contributed by atoms with Gasteiger partial charge in [-0.15, -0.1) is 11.8 Å². The van der Waals surface area contributed by atoms with Gasteiger partial charge in [-0.05, 0) is 19.1 Å². The molecule has 0 amide bonds. The van der Waals surface area contributed by atoms with E-state index in [9.17, 15) is 4.79 Å². The summed E-state index contributed by atoms with van der Waals surface area (Å²) < 4.78 is 0. The first-order chi connectivity index (χ1) is 8.70. The summed E-state index contributed by atoms with van der Waals surface area (Å²) in [7, 11) is 0. The molecule has 0 atom stereocenters. The number of aromatic nitrogens is 2. The van der Waals surface area contributed by atoms with Crippen LogP contribution in [0.25, 0.3) is 0 Å². The topological polar surface area (TPSA) is 66.3 Å². The normalized spacial score (nSPS) is 15.8. The zero-order valence-electron chi connectivity index (χ0n) is 10.4. The van der Waals surface area contributed by atoms with Crippen molar-refractivity contribution in [1.29, 1.82) is 0 Å². The Morgan fingerprint density at radius 2 is 2.22 bits per heavy atom. The lowest BCUT2D eigenvalue weighted by Gasteiger charge is -2.28. The summed E-state index contributed by atoms with van der Waals surface area (Å²) in [5.74, 6) is -0.0881. The van der Waals surface area contributed by atoms with Crippen LogP contribution < -0.4 is 4.90 Å². The molecule has 0 saturated heterocycles. The Kier molecular flexibility index (Phi) is 4.41. The number of hydrogen-bond acceptors (Lipinski definition) is 5. The average Bonchev–Trinajstić information content (AvgIpc) is 2.89. The lowest BCUT2D eigenvalue weighted by atomic mass is 10.2. The van der Waals surface area contributed by atoms with Crippen LogP contribution in [0.1, 0.15) is 25.7 Å². The molecule has 1 heterocycles. The first-order valence-electron chi connectivity index (χ1n) is 6.05. The molecule has 0 aromatic carbocycles. The standard InChI is InChI=1S/C12H17N3O2S/c1-18-11-6-10(13-8-14-11)15(7-12(16)17)9-4-2-3-5-9/h6,8-9H,2-5,7H2,1H3,(H,16,17). The minimum Gasteiger partial charge on any atom is -0.480 e. The fourth-order valence-electron chi connectivity index (χ4n) is 2.36. The SMILES string of the molecule is CSc1cc(N(CC(=O)O)C2CCCC2)ncn1. The van der Waals surface area contributed by atoms with Crippen molar-refractivity contribution in [2.75, 3.05) is 17.7 Å². The van der Waals surface area contributed by atoms with Crippen LogP contribution in [0.15, 0.2) is 17.4 Å². The zero-order chi connectivity index (χ0) is 13.0. The molecule has 1 aliphatic rings. The van der Waals surface area contributed by atoms with Crippen LogP contribution in [0.3, 0.4) is 0 Å². The van der Waals surface area contributed by atoms with Crippen molar-refractivity contribution in [2.24, 2.45) is 0 Å². The van der Waals surface area contributed by atoms with Crippen LogP contribution in [-0.2, 0) is 4.79 Å². The van der Waals surface area contributed by atoms with Gasteiger partial charge in [-0.25, -0.2) is 9.97 Å². The van der Waals surface area contributed by atoms with Crippen LogP contribution >= 0.6 is 11.8 Å². The molecule has 1 aliphatic carbocycles. The molecule has 2 rings (SSSR count). The molecule has 1 saturated carbocycles. The number of anilines is 1. The maximum absolute atomic E-state index is 11.0. The van der Waals surface area contributed by atoms with E-state index in [2.05, 4.69) is 9.97 Å². The molecule has 1 N–H and O–H groups in total. The summed E-state index contributed by atoms with van der Waals surface area (Å²) in [5.41, 5.74) is 0. The second kappa shape index (κ2) is 6.04. The monoisotopic (exact) mass is 267 g/mol. The largest absolute Gasteiger partial charge is 0.480 e. The third-order valence-corrected chi connectivity index (χ3v) is 3.84. The van der Waals surface area contributed by atoms with E-state index in [0.717, 1.165) is 23.7 Å². The summed E-state index contributed by atoms with van der Waals surface area (Å²) in [5, 5.41) is 9.91. The molecule has 98 valence electrons. The van der Waals surface area contributed by atoms with E-state index in [1.165, 1.54) is 30.9 Å². The summed E-state index contributed by atoms with van der Waals surface area (Å²) in [6.45, 7) is 0.00943. The molecule has 1 fully saturated rings. The smallest absolute Gasteiger partial charge is 0.323 e. The number of carboxylic acid groups (broad SMARTS) is 1. The highest BCUT2D eigenvalue weighted by molar-refractivity contribution is 7.98. The Bertz CT molecular complexity index is 422. The third kappa shape index (κ3) is 3.13. The maximum atomic E-state index is 11.0.